The number of hydrogen-bond donors (Lipinski definition) is 0. The van der Waals surface area contributed by atoms with Crippen LogP contribution in [0.25, 0.3) is 0 Å². The highest BCUT2D eigenvalue weighted by molar-refractivity contribution is 9.10. The molecule has 0 heterocycles. The summed E-state index contributed by atoms with van der Waals surface area (Å²) >= 11 is 2.80. The minimum atomic E-state index is -3.25. The molecular weight excluding hydrogens is 283 g/mol. The van der Waals surface area contributed by atoms with Gasteiger partial charge in [0.25, 0.3) is 0 Å². The van der Waals surface area contributed by atoms with E-state index < -0.39 is 28.8 Å². The monoisotopic (exact) mass is 285 g/mol. The zero-order valence-electron chi connectivity index (χ0n) is 6.92. The Hall–Kier alpha value is -1.31. The SMILES string of the molecule is O=[N+]([O-])c1c(F)cc(Br)cc1OC(F)F. The van der Waals surface area contributed by atoms with Crippen molar-refractivity contribution in [1.29, 1.82) is 0 Å². The third-order valence-corrected chi connectivity index (χ3v) is 1.85. The van der Waals surface area contributed by atoms with Gasteiger partial charge in [-0.05, 0) is 6.07 Å². The minimum absolute atomic E-state index is 0.0706. The second-order valence-corrected chi connectivity index (χ2v) is 3.29. The minimum Gasteiger partial charge on any atom is -0.427 e. The maximum absolute atomic E-state index is 13.0. The van der Waals surface area contributed by atoms with E-state index >= 15 is 0 Å². The van der Waals surface area contributed by atoms with Crippen molar-refractivity contribution in [1.82, 2.24) is 0 Å². The molecule has 4 nitrogen and oxygen atoms in total. The van der Waals surface area contributed by atoms with Gasteiger partial charge in [0.2, 0.25) is 11.6 Å². The van der Waals surface area contributed by atoms with Crippen molar-refractivity contribution in [2.75, 3.05) is 0 Å². The fraction of sp³-hybridized carbons (Fsp3) is 0.143. The molecule has 0 aromatic heterocycles. The predicted molar refractivity (Wildman–Crippen MR) is 47.4 cm³/mol. The summed E-state index contributed by atoms with van der Waals surface area (Å²) in [6, 6.07) is 1.68. The number of ether oxygens (including phenoxy) is 1. The van der Waals surface area contributed by atoms with Gasteiger partial charge < -0.3 is 4.74 Å². The van der Waals surface area contributed by atoms with Crippen LogP contribution in [0, 0.1) is 15.9 Å². The summed E-state index contributed by atoms with van der Waals surface area (Å²) in [5.41, 5.74) is -1.11. The normalized spacial score (nSPS) is 10.5. The van der Waals surface area contributed by atoms with Crippen molar-refractivity contribution in [2.45, 2.75) is 6.61 Å². The molecule has 0 aliphatic carbocycles. The summed E-state index contributed by atoms with van der Waals surface area (Å²) in [6.07, 6.45) is 0. The lowest BCUT2D eigenvalue weighted by molar-refractivity contribution is -0.389. The van der Waals surface area contributed by atoms with Gasteiger partial charge in [-0.1, -0.05) is 15.9 Å². The molecule has 0 spiro atoms. The number of alkyl halides is 2. The average molecular weight is 286 g/mol. The van der Waals surface area contributed by atoms with Crippen molar-refractivity contribution >= 4 is 21.6 Å². The first-order valence-corrected chi connectivity index (χ1v) is 4.29. The summed E-state index contributed by atoms with van der Waals surface area (Å²) in [5.74, 6) is -2.06. The van der Waals surface area contributed by atoms with Gasteiger partial charge in [0.15, 0.2) is 0 Å². The molecule has 0 N–H and O–H groups in total. The molecule has 1 aromatic rings. The molecule has 0 aliphatic rings. The van der Waals surface area contributed by atoms with Crippen molar-refractivity contribution in [2.24, 2.45) is 0 Å². The second kappa shape index (κ2) is 4.47. The smallest absolute Gasteiger partial charge is 0.387 e. The first-order chi connectivity index (χ1) is 6.91. The number of nitro groups is 1. The van der Waals surface area contributed by atoms with Gasteiger partial charge in [0.1, 0.15) is 0 Å². The Balaban J connectivity index is 3.27. The third-order valence-electron chi connectivity index (χ3n) is 1.39. The molecule has 0 unspecified atom stereocenters. The van der Waals surface area contributed by atoms with E-state index in [2.05, 4.69) is 20.7 Å². The molecule has 0 radical (unpaired) electrons. The van der Waals surface area contributed by atoms with Crippen LogP contribution in [0.2, 0.25) is 0 Å². The Morgan fingerprint density at radius 3 is 2.53 bits per heavy atom. The molecule has 0 bridgehead atoms. The van der Waals surface area contributed by atoms with E-state index in [0.29, 0.717) is 0 Å². The van der Waals surface area contributed by atoms with Gasteiger partial charge in [-0.15, -0.1) is 0 Å². The Kier molecular flexibility index (Phi) is 3.51. The summed E-state index contributed by atoms with van der Waals surface area (Å²) in [5, 5.41) is 10.4. The highest BCUT2D eigenvalue weighted by atomic mass is 79.9. The molecule has 0 saturated heterocycles. The molecule has 1 aromatic carbocycles. The van der Waals surface area contributed by atoms with E-state index in [4.69, 9.17) is 0 Å². The fourth-order valence-corrected chi connectivity index (χ4v) is 1.31. The van der Waals surface area contributed by atoms with Crippen LogP contribution in [0.5, 0.6) is 5.75 Å². The van der Waals surface area contributed by atoms with Crippen LogP contribution in [0.15, 0.2) is 16.6 Å². The van der Waals surface area contributed by atoms with Gasteiger partial charge in [-0.2, -0.15) is 13.2 Å². The molecule has 82 valence electrons. The standard InChI is InChI=1S/C7H3BrF3NO3/c8-3-1-4(9)6(12(13)14)5(2-3)15-7(10)11/h1-2,7H. The van der Waals surface area contributed by atoms with Gasteiger partial charge in [-0.3, -0.25) is 10.1 Å². The zero-order chi connectivity index (χ0) is 11.6. The summed E-state index contributed by atoms with van der Waals surface area (Å²) in [6.45, 7) is -3.25. The first-order valence-electron chi connectivity index (χ1n) is 3.50. The fourth-order valence-electron chi connectivity index (χ4n) is 0.905. The van der Waals surface area contributed by atoms with Crippen LogP contribution < -0.4 is 4.74 Å². The van der Waals surface area contributed by atoms with Crippen LogP contribution in [-0.2, 0) is 0 Å². The molecule has 0 fully saturated rings. The van der Waals surface area contributed by atoms with E-state index in [1.165, 1.54) is 0 Å². The number of hydrogen-bond acceptors (Lipinski definition) is 3. The van der Waals surface area contributed by atoms with Crippen LogP contribution >= 0.6 is 15.9 Å². The Morgan fingerprint density at radius 2 is 2.07 bits per heavy atom. The number of benzene rings is 1. The second-order valence-electron chi connectivity index (χ2n) is 2.37. The van der Waals surface area contributed by atoms with E-state index in [1.54, 1.807) is 0 Å². The highest BCUT2D eigenvalue weighted by Crippen LogP contribution is 2.34. The van der Waals surface area contributed by atoms with E-state index in [1.807, 2.05) is 0 Å². The summed E-state index contributed by atoms with van der Waals surface area (Å²) < 4.78 is 40.6. The van der Waals surface area contributed by atoms with Crippen molar-refractivity contribution in [3.8, 4) is 5.75 Å². The van der Waals surface area contributed by atoms with Gasteiger partial charge >= 0.3 is 12.3 Å². The van der Waals surface area contributed by atoms with E-state index in [0.717, 1.165) is 12.1 Å². The Labute approximate surface area is 89.9 Å². The maximum Gasteiger partial charge on any atom is 0.387 e. The van der Waals surface area contributed by atoms with Crippen LogP contribution in [0.3, 0.4) is 0 Å². The van der Waals surface area contributed by atoms with Gasteiger partial charge in [0, 0.05) is 10.5 Å². The molecule has 0 saturated carbocycles. The number of nitro benzene ring substituents is 1. The largest absolute Gasteiger partial charge is 0.427 e. The number of rotatable bonds is 3. The number of halogens is 4. The quantitative estimate of drug-likeness (QED) is 0.633. The summed E-state index contributed by atoms with van der Waals surface area (Å²) in [7, 11) is 0. The lowest BCUT2D eigenvalue weighted by Crippen LogP contribution is -2.05. The van der Waals surface area contributed by atoms with Gasteiger partial charge in [-0.25, -0.2) is 0 Å². The molecule has 0 atom stereocenters. The molecule has 0 amide bonds. The summed E-state index contributed by atoms with van der Waals surface area (Å²) in [4.78, 5) is 9.24. The van der Waals surface area contributed by atoms with Crippen LogP contribution in [-0.4, -0.2) is 11.5 Å². The average Bonchev–Trinajstić information content (AvgIpc) is 1.99. The van der Waals surface area contributed by atoms with Crippen molar-refractivity contribution in [3.63, 3.8) is 0 Å². The van der Waals surface area contributed by atoms with E-state index in [-0.39, 0.29) is 4.47 Å². The number of nitrogens with zero attached hydrogens (tertiary/aromatic N) is 1. The van der Waals surface area contributed by atoms with Crippen LogP contribution in [0.1, 0.15) is 0 Å². The highest BCUT2D eigenvalue weighted by Gasteiger charge is 2.24. The third kappa shape index (κ3) is 2.82. The van der Waals surface area contributed by atoms with Crippen molar-refractivity contribution < 1.29 is 22.8 Å². The Bertz CT molecular complexity index is 399. The topological polar surface area (TPSA) is 52.4 Å². The lowest BCUT2D eigenvalue weighted by atomic mass is 10.3. The molecule has 0 aliphatic heterocycles. The lowest BCUT2D eigenvalue weighted by Gasteiger charge is -2.05. The molecule has 8 heteroatoms. The Morgan fingerprint density at radius 1 is 1.47 bits per heavy atom. The van der Waals surface area contributed by atoms with E-state index in [9.17, 15) is 23.3 Å². The molecule has 15 heavy (non-hydrogen) atoms. The van der Waals surface area contributed by atoms with Crippen LogP contribution in [0.4, 0.5) is 18.9 Å². The molecule has 1 rings (SSSR count). The predicted octanol–water partition coefficient (Wildman–Crippen LogP) is 3.10. The first kappa shape index (κ1) is 11.8. The van der Waals surface area contributed by atoms with Crippen molar-refractivity contribution in [3.05, 3.63) is 32.5 Å². The zero-order valence-corrected chi connectivity index (χ0v) is 8.50. The van der Waals surface area contributed by atoms with Gasteiger partial charge in [0.05, 0.1) is 4.92 Å². The molecular formula is C7H3BrF3NO3. The maximum atomic E-state index is 13.0.